The first-order chi connectivity index (χ1) is 9.59. The lowest BCUT2D eigenvalue weighted by atomic mass is 9.69. The third kappa shape index (κ3) is 2.63. The normalized spacial score (nSPS) is 20.0. The van der Waals surface area contributed by atoms with Gasteiger partial charge in [-0.2, -0.15) is 0 Å². The van der Waals surface area contributed by atoms with E-state index in [0.29, 0.717) is 23.9 Å². The molecule has 0 aliphatic heterocycles. The van der Waals surface area contributed by atoms with Gasteiger partial charge in [0.2, 0.25) is 0 Å². The number of hydrogen-bond donors (Lipinski definition) is 3. The smallest absolute Gasteiger partial charge is 0.321 e. The number of nitrogens with zero attached hydrogens (tertiary/aromatic N) is 1. The van der Waals surface area contributed by atoms with Gasteiger partial charge in [0.25, 0.3) is 0 Å². The van der Waals surface area contributed by atoms with Gasteiger partial charge in [-0.05, 0) is 25.7 Å². The highest BCUT2D eigenvalue weighted by atomic mass is 32.1. The Hall–Kier alpha value is -1.63. The Morgan fingerprint density at radius 2 is 2.20 bits per heavy atom. The van der Waals surface area contributed by atoms with Gasteiger partial charge in [0.05, 0.1) is 11.1 Å². The second-order valence-corrected chi connectivity index (χ2v) is 6.46. The monoisotopic (exact) mass is 295 g/mol. The molecule has 1 heterocycles. The molecule has 0 spiro atoms. The summed E-state index contributed by atoms with van der Waals surface area (Å²) < 4.78 is 0. The van der Waals surface area contributed by atoms with Crippen LogP contribution >= 0.6 is 11.3 Å². The number of anilines is 1. The first kappa shape index (κ1) is 13.4. The minimum Gasteiger partial charge on any atom is -0.481 e. The van der Waals surface area contributed by atoms with E-state index in [-0.39, 0.29) is 12.6 Å². The average Bonchev–Trinajstić information content (AvgIpc) is 3.09. The average molecular weight is 295 g/mol. The zero-order valence-corrected chi connectivity index (χ0v) is 11.8. The number of aliphatic carboxylic acids is 1. The number of carboxylic acids is 1. The van der Waals surface area contributed by atoms with Gasteiger partial charge in [-0.25, -0.2) is 9.78 Å². The maximum atomic E-state index is 11.8. The van der Waals surface area contributed by atoms with Crippen molar-refractivity contribution in [3.8, 4) is 0 Å². The second kappa shape index (κ2) is 5.05. The number of carbonyl (C=O) groups excluding carboxylic acids is 1. The van der Waals surface area contributed by atoms with Crippen LogP contribution < -0.4 is 10.6 Å². The van der Waals surface area contributed by atoms with Crippen LogP contribution in [-0.2, 0) is 4.79 Å². The van der Waals surface area contributed by atoms with Gasteiger partial charge in [-0.3, -0.25) is 10.1 Å². The molecule has 2 saturated carbocycles. The molecule has 3 rings (SSSR count). The molecule has 7 heteroatoms. The predicted octanol–water partition coefficient (Wildman–Crippen LogP) is 2.40. The summed E-state index contributed by atoms with van der Waals surface area (Å²) in [6, 6.07) is -0.380. The highest BCUT2D eigenvalue weighted by Crippen LogP contribution is 2.41. The zero-order chi connectivity index (χ0) is 14.2. The van der Waals surface area contributed by atoms with Crippen LogP contribution in [0.25, 0.3) is 0 Å². The second-order valence-electron chi connectivity index (χ2n) is 5.60. The van der Waals surface area contributed by atoms with Crippen molar-refractivity contribution >= 4 is 28.5 Å². The lowest BCUT2D eigenvalue weighted by Gasteiger charge is -2.37. The van der Waals surface area contributed by atoms with Crippen LogP contribution in [0.3, 0.4) is 0 Å². The van der Waals surface area contributed by atoms with Crippen molar-refractivity contribution < 1.29 is 14.7 Å². The minimum absolute atomic E-state index is 0.176. The summed E-state index contributed by atoms with van der Waals surface area (Å²) in [5, 5.41) is 17.0. The van der Waals surface area contributed by atoms with Gasteiger partial charge in [0, 0.05) is 17.8 Å². The standard InChI is InChI=1S/C13H17N3O3S/c17-10(18)13(4-1-5-13)7-14-11(19)16-12-15-9(6-20-12)8-2-3-8/h6,8H,1-5,7H2,(H,17,18)(H2,14,15,16,19). The number of thiazole rings is 1. The topological polar surface area (TPSA) is 91.3 Å². The van der Waals surface area contributed by atoms with Gasteiger partial charge < -0.3 is 10.4 Å². The van der Waals surface area contributed by atoms with Crippen LogP contribution in [0.5, 0.6) is 0 Å². The molecule has 0 unspecified atom stereocenters. The Kier molecular flexibility index (Phi) is 3.37. The van der Waals surface area contributed by atoms with E-state index in [1.165, 1.54) is 24.2 Å². The molecule has 2 fully saturated rings. The molecule has 2 amide bonds. The third-order valence-corrected chi connectivity index (χ3v) is 4.87. The zero-order valence-electron chi connectivity index (χ0n) is 11.0. The van der Waals surface area contributed by atoms with Crippen molar-refractivity contribution in [2.75, 3.05) is 11.9 Å². The largest absolute Gasteiger partial charge is 0.481 e. The van der Waals surface area contributed by atoms with Crippen LogP contribution in [0.1, 0.15) is 43.7 Å². The van der Waals surface area contributed by atoms with Crippen molar-refractivity contribution in [1.29, 1.82) is 0 Å². The lowest BCUT2D eigenvalue weighted by Crippen LogP contribution is -2.48. The molecule has 108 valence electrons. The van der Waals surface area contributed by atoms with Crippen LogP contribution in [0.4, 0.5) is 9.93 Å². The number of carbonyl (C=O) groups is 2. The summed E-state index contributed by atoms with van der Waals surface area (Å²) in [5.41, 5.74) is 0.283. The fourth-order valence-electron chi connectivity index (χ4n) is 2.37. The molecule has 0 aromatic carbocycles. The van der Waals surface area contributed by atoms with Crippen molar-refractivity contribution in [3.63, 3.8) is 0 Å². The van der Waals surface area contributed by atoms with Crippen molar-refractivity contribution in [2.24, 2.45) is 5.41 Å². The summed E-state index contributed by atoms with van der Waals surface area (Å²) >= 11 is 1.41. The predicted molar refractivity (Wildman–Crippen MR) is 75.0 cm³/mol. The Bertz CT molecular complexity index is 535. The van der Waals surface area contributed by atoms with Crippen LogP contribution in [0.2, 0.25) is 0 Å². The summed E-state index contributed by atoms with van der Waals surface area (Å²) in [7, 11) is 0. The number of aromatic nitrogens is 1. The van der Waals surface area contributed by atoms with E-state index in [4.69, 9.17) is 0 Å². The van der Waals surface area contributed by atoms with Gasteiger partial charge in [-0.15, -0.1) is 11.3 Å². The molecule has 1 aromatic heterocycles. The highest BCUT2D eigenvalue weighted by molar-refractivity contribution is 7.13. The molecule has 0 atom stereocenters. The molecule has 0 radical (unpaired) electrons. The Morgan fingerprint density at radius 1 is 1.45 bits per heavy atom. The van der Waals surface area contributed by atoms with Gasteiger partial charge >= 0.3 is 12.0 Å². The maximum absolute atomic E-state index is 11.8. The summed E-state index contributed by atoms with van der Waals surface area (Å²) in [5.74, 6) is -0.260. The Morgan fingerprint density at radius 3 is 2.75 bits per heavy atom. The maximum Gasteiger partial charge on any atom is 0.321 e. The Balaban J connectivity index is 1.50. The van der Waals surface area contributed by atoms with E-state index < -0.39 is 11.4 Å². The third-order valence-electron chi connectivity index (χ3n) is 4.09. The van der Waals surface area contributed by atoms with Gasteiger partial charge in [0.1, 0.15) is 0 Å². The van der Waals surface area contributed by atoms with E-state index in [2.05, 4.69) is 15.6 Å². The number of urea groups is 1. The highest BCUT2D eigenvalue weighted by Gasteiger charge is 2.44. The van der Waals surface area contributed by atoms with Crippen LogP contribution in [0, 0.1) is 5.41 Å². The van der Waals surface area contributed by atoms with E-state index in [0.717, 1.165) is 12.1 Å². The van der Waals surface area contributed by atoms with Crippen molar-refractivity contribution in [2.45, 2.75) is 38.0 Å². The van der Waals surface area contributed by atoms with Crippen molar-refractivity contribution in [1.82, 2.24) is 10.3 Å². The molecule has 6 nitrogen and oxygen atoms in total. The van der Waals surface area contributed by atoms with Gasteiger partial charge in [-0.1, -0.05) is 6.42 Å². The molecule has 2 aliphatic rings. The fraction of sp³-hybridized carbons (Fsp3) is 0.615. The SMILES string of the molecule is O=C(NCC1(C(=O)O)CCC1)Nc1nc(C2CC2)cs1. The number of rotatable bonds is 5. The van der Waals surface area contributed by atoms with E-state index in [1.807, 2.05) is 5.38 Å². The summed E-state index contributed by atoms with van der Waals surface area (Å²) in [4.78, 5) is 27.3. The molecule has 0 bridgehead atoms. The van der Waals surface area contributed by atoms with E-state index >= 15 is 0 Å². The minimum atomic E-state index is -0.825. The lowest BCUT2D eigenvalue weighted by molar-refractivity contribution is -0.153. The molecule has 0 saturated heterocycles. The molecular weight excluding hydrogens is 278 g/mol. The first-order valence-corrected chi connectivity index (χ1v) is 7.71. The fourth-order valence-corrected chi connectivity index (χ4v) is 3.16. The van der Waals surface area contributed by atoms with Crippen molar-refractivity contribution in [3.05, 3.63) is 11.1 Å². The van der Waals surface area contributed by atoms with E-state index in [1.54, 1.807) is 0 Å². The van der Waals surface area contributed by atoms with Crippen LogP contribution in [-0.4, -0.2) is 28.6 Å². The van der Waals surface area contributed by atoms with E-state index in [9.17, 15) is 14.7 Å². The molecular formula is C13H17N3O3S. The first-order valence-electron chi connectivity index (χ1n) is 6.83. The Labute approximate surface area is 120 Å². The molecule has 2 aliphatic carbocycles. The van der Waals surface area contributed by atoms with Gasteiger partial charge in [0.15, 0.2) is 5.13 Å². The molecule has 1 aromatic rings. The number of carboxylic acid groups (broad SMARTS) is 1. The molecule has 3 N–H and O–H groups in total. The van der Waals surface area contributed by atoms with Crippen LogP contribution in [0.15, 0.2) is 5.38 Å². The summed E-state index contributed by atoms with van der Waals surface area (Å²) in [6.07, 6.45) is 4.53. The number of amides is 2. The molecule has 20 heavy (non-hydrogen) atoms. The number of nitrogens with one attached hydrogen (secondary N) is 2. The summed E-state index contributed by atoms with van der Waals surface area (Å²) in [6.45, 7) is 0.176. The number of hydrogen-bond acceptors (Lipinski definition) is 4. The quantitative estimate of drug-likeness (QED) is 0.778.